The molecule has 7 nitrogen and oxygen atoms in total. The monoisotopic (exact) mass is 386 g/mol. The number of aliphatic carboxylic acids is 1. The molecule has 0 saturated heterocycles. The lowest BCUT2D eigenvalue weighted by Gasteiger charge is -2.05. The maximum atomic E-state index is 11.4. The molecule has 3 N–H and O–H groups in total. The van der Waals surface area contributed by atoms with Gasteiger partial charge in [-0.3, -0.25) is 4.79 Å². The van der Waals surface area contributed by atoms with Gasteiger partial charge in [0, 0.05) is 12.0 Å². The molecule has 27 heavy (non-hydrogen) atoms. The number of primary sulfonamides is 1. The Balaban J connectivity index is 2.02. The largest absolute Gasteiger partial charge is 0.481 e. The van der Waals surface area contributed by atoms with Crippen LogP contribution >= 0.6 is 0 Å². The predicted octanol–water partition coefficient (Wildman–Crippen LogP) is 3.06. The Morgan fingerprint density at radius 3 is 2.30 bits per heavy atom. The van der Waals surface area contributed by atoms with Crippen molar-refractivity contribution in [2.75, 3.05) is 0 Å². The summed E-state index contributed by atoms with van der Waals surface area (Å²) in [6.45, 7) is 0. The topological polar surface area (TPSA) is 123 Å². The van der Waals surface area contributed by atoms with Crippen molar-refractivity contribution in [3.8, 4) is 22.5 Å². The molecule has 0 unspecified atom stereocenters. The lowest BCUT2D eigenvalue weighted by atomic mass is 9.97. The first kappa shape index (κ1) is 18.8. The first-order chi connectivity index (χ1) is 12.9. The number of nitrogens with zero attached hydrogens (tertiary/aromatic N) is 1. The zero-order valence-electron chi connectivity index (χ0n) is 14.3. The maximum absolute atomic E-state index is 11.4. The van der Waals surface area contributed by atoms with E-state index in [1.165, 1.54) is 12.1 Å². The van der Waals surface area contributed by atoms with Crippen molar-refractivity contribution in [3.05, 3.63) is 60.3 Å². The van der Waals surface area contributed by atoms with Gasteiger partial charge in [-0.25, -0.2) is 13.6 Å². The molecule has 0 aliphatic heterocycles. The average Bonchev–Trinajstić information content (AvgIpc) is 3.05. The highest BCUT2D eigenvalue weighted by molar-refractivity contribution is 7.89. The van der Waals surface area contributed by atoms with E-state index in [-0.39, 0.29) is 11.3 Å². The quantitative estimate of drug-likeness (QED) is 0.643. The fourth-order valence-corrected chi connectivity index (χ4v) is 3.31. The van der Waals surface area contributed by atoms with Gasteiger partial charge in [0.25, 0.3) is 0 Å². The summed E-state index contributed by atoms with van der Waals surface area (Å²) in [5.74, 6) is -0.369. The van der Waals surface area contributed by atoms with E-state index in [0.717, 1.165) is 11.1 Å². The highest BCUT2D eigenvalue weighted by atomic mass is 32.2. The van der Waals surface area contributed by atoms with Gasteiger partial charge < -0.3 is 9.63 Å². The Kier molecular flexibility index (Phi) is 5.38. The van der Waals surface area contributed by atoms with Crippen molar-refractivity contribution in [2.45, 2.75) is 24.2 Å². The van der Waals surface area contributed by atoms with Gasteiger partial charge in [0.1, 0.15) is 0 Å². The van der Waals surface area contributed by atoms with Gasteiger partial charge >= 0.3 is 5.97 Å². The number of hydrogen-bond acceptors (Lipinski definition) is 5. The molecule has 0 aliphatic rings. The molecule has 8 heteroatoms. The molecular formula is C19H18N2O5S. The van der Waals surface area contributed by atoms with E-state index in [4.69, 9.17) is 14.8 Å². The molecule has 2 aromatic carbocycles. The van der Waals surface area contributed by atoms with Crippen LogP contribution in [0.2, 0.25) is 0 Å². The Hall–Kier alpha value is -2.97. The summed E-state index contributed by atoms with van der Waals surface area (Å²) in [7, 11) is -3.78. The molecular weight excluding hydrogens is 368 g/mol. The summed E-state index contributed by atoms with van der Waals surface area (Å²) < 4.78 is 28.4. The van der Waals surface area contributed by atoms with E-state index in [0.29, 0.717) is 29.9 Å². The number of carboxylic acids is 1. The first-order valence-electron chi connectivity index (χ1n) is 8.25. The van der Waals surface area contributed by atoms with Crippen molar-refractivity contribution >= 4 is 16.0 Å². The SMILES string of the molecule is NS(=O)(=O)c1ccc(-c2onc(CCCC(=O)O)c2-c2ccccc2)cc1. The van der Waals surface area contributed by atoms with E-state index in [9.17, 15) is 13.2 Å². The van der Waals surface area contributed by atoms with Crippen LogP contribution in [-0.4, -0.2) is 24.7 Å². The molecule has 1 aromatic heterocycles. The van der Waals surface area contributed by atoms with Crippen molar-refractivity contribution in [2.24, 2.45) is 5.14 Å². The second-order valence-electron chi connectivity index (χ2n) is 6.02. The molecule has 0 fully saturated rings. The molecule has 0 aliphatic carbocycles. The number of hydrogen-bond donors (Lipinski definition) is 2. The van der Waals surface area contributed by atoms with Gasteiger partial charge in [0.05, 0.1) is 16.2 Å². The molecule has 3 aromatic rings. The standard InChI is InChI=1S/C19H18N2O5S/c20-27(24,25)15-11-9-14(10-12-15)19-18(13-5-2-1-3-6-13)16(21-26-19)7-4-8-17(22)23/h1-3,5-6,9-12H,4,7-8H2,(H,22,23)(H2,20,24,25). The van der Waals surface area contributed by atoms with Crippen LogP contribution in [-0.2, 0) is 21.2 Å². The number of sulfonamides is 1. The maximum Gasteiger partial charge on any atom is 0.303 e. The van der Waals surface area contributed by atoms with Crippen molar-refractivity contribution in [3.63, 3.8) is 0 Å². The summed E-state index contributed by atoms with van der Waals surface area (Å²) in [5, 5.41) is 18.1. The highest BCUT2D eigenvalue weighted by Crippen LogP contribution is 2.36. The van der Waals surface area contributed by atoms with Crippen LogP contribution in [0, 0.1) is 0 Å². The lowest BCUT2D eigenvalue weighted by Crippen LogP contribution is -2.11. The molecule has 0 amide bonds. The third kappa shape index (κ3) is 4.42. The third-order valence-electron chi connectivity index (χ3n) is 4.07. The van der Waals surface area contributed by atoms with E-state index in [1.807, 2.05) is 30.3 Å². The number of aryl methyl sites for hydroxylation is 1. The van der Waals surface area contributed by atoms with E-state index >= 15 is 0 Å². The smallest absolute Gasteiger partial charge is 0.303 e. The van der Waals surface area contributed by atoms with E-state index < -0.39 is 16.0 Å². The molecule has 0 spiro atoms. The third-order valence-corrected chi connectivity index (χ3v) is 5.00. The number of nitrogens with two attached hydrogens (primary N) is 1. The minimum Gasteiger partial charge on any atom is -0.481 e. The van der Waals surface area contributed by atoms with Crippen LogP contribution in [0.3, 0.4) is 0 Å². The number of carbonyl (C=O) groups is 1. The van der Waals surface area contributed by atoms with E-state index in [2.05, 4.69) is 5.16 Å². The van der Waals surface area contributed by atoms with Gasteiger partial charge in [-0.2, -0.15) is 0 Å². The fraction of sp³-hybridized carbons (Fsp3) is 0.158. The number of carboxylic acid groups (broad SMARTS) is 1. The van der Waals surface area contributed by atoms with Crippen molar-refractivity contribution < 1.29 is 22.8 Å². The van der Waals surface area contributed by atoms with Gasteiger partial charge in [0.15, 0.2) is 5.76 Å². The molecule has 0 radical (unpaired) electrons. The van der Waals surface area contributed by atoms with Crippen LogP contribution < -0.4 is 5.14 Å². The van der Waals surface area contributed by atoms with Crippen LogP contribution in [0.5, 0.6) is 0 Å². The number of aromatic nitrogens is 1. The molecule has 0 bridgehead atoms. The Labute approximate surface area is 156 Å². The first-order valence-corrected chi connectivity index (χ1v) is 9.80. The van der Waals surface area contributed by atoms with E-state index in [1.54, 1.807) is 12.1 Å². The van der Waals surface area contributed by atoms with Crippen molar-refractivity contribution in [1.29, 1.82) is 0 Å². The summed E-state index contributed by atoms with van der Waals surface area (Å²) in [4.78, 5) is 10.8. The van der Waals surface area contributed by atoms with Crippen LogP contribution in [0.15, 0.2) is 64.0 Å². The van der Waals surface area contributed by atoms with Gasteiger partial charge in [-0.05, 0) is 42.7 Å². The van der Waals surface area contributed by atoms with Gasteiger partial charge in [-0.1, -0.05) is 35.5 Å². The molecule has 0 atom stereocenters. The van der Waals surface area contributed by atoms with Crippen LogP contribution in [0.1, 0.15) is 18.5 Å². The second kappa shape index (κ2) is 7.73. The Bertz CT molecular complexity index is 1040. The lowest BCUT2D eigenvalue weighted by molar-refractivity contribution is -0.137. The van der Waals surface area contributed by atoms with Crippen LogP contribution in [0.25, 0.3) is 22.5 Å². The normalized spacial score (nSPS) is 11.4. The zero-order chi connectivity index (χ0) is 19.4. The van der Waals surface area contributed by atoms with Gasteiger partial charge in [-0.15, -0.1) is 0 Å². The second-order valence-corrected chi connectivity index (χ2v) is 7.58. The molecule has 1 heterocycles. The Morgan fingerprint density at radius 1 is 1.04 bits per heavy atom. The molecule has 140 valence electrons. The molecule has 3 rings (SSSR count). The Morgan fingerprint density at radius 2 is 1.70 bits per heavy atom. The minimum atomic E-state index is -3.78. The van der Waals surface area contributed by atoms with Crippen LogP contribution in [0.4, 0.5) is 0 Å². The summed E-state index contributed by atoms with van der Waals surface area (Å²) in [6.07, 6.45) is 0.931. The zero-order valence-corrected chi connectivity index (χ0v) is 15.1. The fourth-order valence-electron chi connectivity index (χ4n) is 2.80. The summed E-state index contributed by atoms with van der Waals surface area (Å²) in [6, 6.07) is 15.5. The average molecular weight is 386 g/mol. The highest BCUT2D eigenvalue weighted by Gasteiger charge is 2.20. The molecule has 0 saturated carbocycles. The number of benzene rings is 2. The minimum absolute atomic E-state index is 0.00806. The van der Waals surface area contributed by atoms with Gasteiger partial charge in [0.2, 0.25) is 10.0 Å². The number of rotatable bonds is 7. The summed E-state index contributed by atoms with van der Waals surface area (Å²) in [5.41, 5.74) is 2.96. The summed E-state index contributed by atoms with van der Waals surface area (Å²) >= 11 is 0. The van der Waals surface area contributed by atoms with Crippen molar-refractivity contribution in [1.82, 2.24) is 5.16 Å². The predicted molar refractivity (Wildman–Crippen MR) is 99.3 cm³/mol.